The lowest BCUT2D eigenvalue weighted by molar-refractivity contribution is -0.138. The fraction of sp³-hybridized carbons (Fsp3) is 0.600. The second-order valence-electron chi connectivity index (χ2n) is 6.98. The molecule has 17 nitrogen and oxygen atoms in total. The number of hydrogen-bond acceptors (Lipinski definition) is 12. The van der Waals surface area contributed by atoms with Crippen molar-refractivity contribution in [3.8, 4) is 0 Å². The van der Waals surface area contributed by atoms with Crippen molar-refractivity contribution >= 4 is 30.9 Å². The number of hydrogen-bond donors (Lipinski definition) is 9. The van der Waals surface area contributed by atoms with E-state index in [2.05, 4.69) is 19.5 Å². The molecule has 3 heterocycles. The number of phosphoric acid groups is 1. The number of imidazole rings is 1. The van der Waals surface area contributed by atoms with Gasteiger partial charge in [-0.25, -0.2) is 9.55 Å². The number of nitrogen functional groups attached to an aromatic ring is 1. The van der Waals surface area contributed by atoms with Gasteiger partial charge in [-0.05, 0) is 19.4 Å². The van der Waals surface area contributed by atoms with Gasteiger partial charge in [0.05, 0.1) is 12.9 Å². The lowest BCUT2D eigenvalue weighted by Gasteiger charge is -2.16. The first kappa shape index (κ1) is 26.8. The number of ether oxygens (including phenoxy) is 1. The lowest BCUT2D eigenvalue weighted by Crippen LogP contribution is -2.33. The summed E-state index contributed by atoms with van der Waals surface area (Å²) in [4.78, 5) is 49.2. The summed E-state index contributed by atoms with van der Waals surface area (Å²) in [5.74, 6) is -1.13. The molecule has 0 bridgehead atoms. The summed E-state index contributed by atoms with van der Waals surface area (Å²) in [5.41, 5.74) is 15.1. The van der Waals surface area contributed by atoms with Gasteiger partial charge in [-0.1, -0.05) is 0 Å². The average Bonchev–Trinajstić information content (AvgIpc) is 3.26. The summed E-state index contributed by atoms with van der Waals surface area (Å²) in [7, 11) is -4.76. The van der Waals surface area contributed by atoms with Gasteiger partial charge in [-0.2, -0.15) is 4.98 Å². The molecule has 0 amide bonds. The molecular weight excluding hydrogens is 469 g/mol. The highest BCUT2D eigenvalue weighted by molar-refractivity contribution is 7.46. The van der Waals surface area contributed by atoms with E-state index in [1.165, 1.54) is 10.9 Å². The minimum atomic E-state index is -4.76. The molecule has 2 aromatic rings. The largest absolute Gasteiger partial charge is 0.480 e. The van der Waals surface area contributed by atoms with Crippen molar-refractivity contribution in [1.29, 1.82) is 0 Å². The van der Waals surface area contributed by atoms with Crippen LogP contribution < -0.4 is 22.8 Å². The number of aromatic amines is 1. The van der Waals surface area contributed by atoms with Gasteiger partial charge in [0.2, 0.25) is 5.95 Å². The van der Waals surface area contributed by atoms with Crippen molar-refractivity contribution in [3.63, 3.8) is 0 Å². The van der Waals surface area contributed by atoms with Crippen LogP contribution in [-0.4, -0.2) is 88.1 Å². The normalized spacial score (nSPS) is 23.8. The van der Waals surface area contributed by atoms with Crippen molar-refractivity contribution in [2.75, 3.05) is 18.9 Å². The number of aliphatic hydroxyl groups is 2. The molecule has 3 rings (SSSR count). The standard InChI is InChI=1S/C10H14N5O8P.C5H12N2O2/c11-10-13-7-4(8(18)14-10)12-2-15(7)9-6(17)5(16)3(23-9)1-22-24(19,20)21;6-3-1-2-4(7)5(8)9/h2-3,5-6,9,16-17H,1H2,(H2,19,20,21)(H3,11,13,14,18);4H,1-3,6-7H2,(H,8,9)/t3-,5-,6-,9-;/m1./s1. The molecule has 1 aliphatic heterocycles. The molecule has 0 aromatic carbocycles. The van der Waals surface area contributed by atoms with Crippen LogP contribution in [-0.2, 0) is 18.6 Å². The number of aliphatic hydroxyl groups excluding tert-OH is 2. The number of nitrogens with two attached hydrogens (primary N) is 3. The Kier molecular flexibility index (Phi) is 9.01. The molecule has 1 aliphatic rings. The van der Waals surface area contributed by atoms with Gasteiger partial charge in [-0.3, -0.25) is 23.7 Å². The van der Waals surface area contributed by atoms with E-state index in [9.17, 15) is 24.4 Å². The molecule has 18 heteroatoms. The van der Waals surface area contributed by atoms with E-state index in [1.807, 2.05) is 0 Å². The molecule has 12 N–H and O–H groups in total. The van der Waals surface area contributed by atoms with Crippen molar-refractivity contribution in [2.24, 2.45) is 11.5 Å². The Morgan fingerprint density at radius 1 is 1.36 bits per heavy atom. The van der Waals surface area contributed by atoms with E-state index in [0.717, 1.165) is 0 Å². The Morgan fingerprint density at radius 2 is 2.03 bits per heavy atom. The third kappa shape index (κ3) is 7.00. The van der Waals surface area contributed by atoms with Crippen LogP contribution in [0.5, 0.6) is 0 Å². The summed E-state index contributed by atoms with van der Waals surface area (Å²) < 4.78 is 21.6. The second-order valence-corrected chi connectivity index (χ2v) is 8.22. The van der Waals surface area contributed by atoms with Crippen molar-refractivity contribution in [1.82, 2.24) is 19.5 Å². The number of anilines is 1. The Bertz CT molecular complexity index is 1060. The van der Waals surface area contributed by atoms with Crippen molar-refractivity contribution < 1.29 is 43.7 Å². The highest BCUT2D eigenvalue weighted by atomic mass is 31.2. The Morgan fingerprint density at radius 3 is 2.61 bits per heavy atom. The number of rotatable bonds is 8. The van der Waals surface area contributed by atoms with E-state index in [0.29, 0.717) is 19.4 Å². The van der Waals surface area contributed by atoms with E-state index in [4.69, 9.17) is 36.8 Å². The summed E-state index contributed by atoms with van der Waals surface area (Å²) >= 11 is 0. The quantitative estimate of drug-likeness (QED) is 0.161. The molecule has 0 spiro atoms. The SMILES string of the molecule is NCCCC(N)C(=O)O.Nc1nc2c(ncn2[C@@H]2O[C@H](COP(=O)(O)O)[C@@H](O)[C@H]2O)c(=O)[nH]1. The molecule has 0 saturated carbocycles. The molecule has 0 radical (unpaired) electrons. The minimum absolute atomic E-state index is 0.0176. The average molecular weight is 495 g/mol. The summed E-state index contributed by atoms with van der Waals surface area (Å²) in [6.07, 6.45) is -3.08. The first-order chi connectivity index (χ1) is 15.4. The Hall–Kier alpha value is -2.47. The molecule has 2 aromatic heterocycles. The molecule has 0 aliphatic carbocycles. The molecular formula is C15H26N7O10P. The third-order valence-corrected chi connectivity index (χ3v) is 4.99. The van der Waals surface area contributed by atoms with E-state index in [1.54, 1.807) is 0 Å². The van der Waals surface area contributed by atoms with Gasteiger partial charge in [0, 0.05) is 0 Å². The second kappa shape index (κ2) is 11.1. The molecule has 1 fully saturated rings. The van der Waals surface area contributed by atoms with Gasteiger partial charge in [0.1, 0.15) is 24.4 Å². The van der Waals surface area contributed by atoms with Gasteiger partial charge in [0.15, 0.2) is 17.4 Å². The number of fused-ring (bicyclic) bond motifs is 1. The number of phosphoric ester groups is 1. The highest BCUT2D eigenvalue weighted by Crippen LogP contribution is 2.38. The van der Waals surface area contributed by atoms with E-state index >= 15 is 0 Å². The van der Waals surface area contributed by atoms with Crippen molar-refractivity contribution in [3.05, 3.63) is 16.7 Å². The highest BCUT2D eigenvalue weighted by Gasteiger charge is 2.45. The Balaban J connectivity index is 0.000000365. The number of nitrogens with zero attached hydrogens (tertiary/aromatic N) is 3. The molecule has 186 valence electrons. The predicted octanol–water partition coefficient (Wildman–Crippen LogP) is -3.43. The number of nitrogens with one attached hydrogen (secondary N) is 1. The zero-order chi connectivity index (χ0) is 24.9. The number of H-pyrrole nitrogens is 1. The summed E-state index contributed by atoms with van der Waals surface area (Å²) in [5, 5.41) is 28.3. The number of aliphatic carboxylic acids is 1. The lowest BCUT2D eigenvalue weighted by atomic mass is 10.1. The monoisotopic (exact) mass is 495 g/mol. The fourth-order valence-electron chi connectivity index (χ4n) is 2.86. The van der Waals surface area contributed by atoms with Gasteiger partial charge < -0.3 is 47.0 Å². The maximum Gasteiger partial charge on any atom is 0.469 e. The summed E-state index contributed by atoms with van der Waals surface area (Å²) in [6.45, 7) is -0.150. The number of carboxylic acid groups (broad SMARTS) is 1. The molecule has 33 heavy (non-hydrogen) atoms. The van der Waals surface area contributed by atoms with Crippen LogP contribution in [0.25, 0.3) is 11.2 Å². The van der Waals surface area contributed by atoms with Crippen LogP contribution >= 0.6 is 7.82 Å². The zero-order valence-corrected chi connectivity index (χ0v) is 18.0. The first-order valence-electron chi connectivity index (χ1n) is 9.48. The van der Waals surface area contributed by atoms with Crippen LogP contribution in [0.4, 0.5) is 5.95 Å². The van der Waals surface area contributed by atoms with Crippen LogP contribution in [0.3, 0.4) is 0 Å². The van der Waals surface area contributed by atoms with Crippen LogP contribution in [0.2, 0.25) is 0 Å². The number of aromatic nitrogens is 4. The van der Waals surface area contributed by atoms with E-state index in [-0.39, 0.29) is 17.1 Å². The minimum Gasteiger partial charge on any atom is -0.480 e. The van der Waals surface area contributed by atoms with Crippen LogP contribution in [0.15, 0.2) is 11.1 Å². The smallest absolute Gasteiger partial charge is 0.469 e. The Labute approximate surface area is 185 Å². The van der Waals surface area contributed by atoms with Crippen LogP contribution in [0.1, 0.15) is 19.1 Å². The molecule has 1 unspecified atom stereocenters. The zero-order valence-electron chi connectivity index (χ0n) is 17.1. The summed E-state index contributed by atoms with van der Waals surface area (Å²) in [6, 6.07) is -0.742. The van der Waals surface area contributed by atoms with Gasteiger partial charge in [-0.15, -0.1) is 0 Å². The van der Waals surface area contributed by atoms with E-state index < -0.39 is 56.5 Å². The van der Waals surface area contributed by atoms with Gasteiger partial charge in [0.25, 0.3) is 5.56 Å². The topological polar surface area (TPSA) is 295 Å². The van der Waals surface area contributed by atoms with Gasteiger partial charge >= 0.3 is 13.8 Å². The maximum absolute atomic E-state index is 11.7. The number of carboxylic acids is 1. The third-order valence-electron chi connectivity index (χ3n) is 4.51. The fourth-order valence-corrected chi connectivity index (χ4v) is 3.20. The maximum atomic E-state index is 11.7. The molecule has 1 saturated heterocycles. The van der Waals surface area contributed by atoms with Crippen molar-refractivity contribution in [2.45, 2.75) is 43.4 Å². The first-order valence-corrected chi connectivity index (χ1v) is 11.0. The predicted molar refractivity (Wildman–Crippen MR) is 110 cm³/mol. The number of carbonyl (C=O) groups is 1. The van der Waals surface area contributed by atoms with Crippen LogP contribution in [0, 0.1) is 0 Å². The molecule has 5 atom stereocenters.